The topological polar surface area (TPSA) is 104 Å². The third-order valence-corrected chi connectivity index (χ3v) is 5.13. The first-order valence-corrected chi connectivity index (χ1v) is 8.93. The van der Waals surface area contributed by atoms with Crippen molar-refractivity contribution in [1.82, 2.24) is 9.19 Å². The Bertz CT molecular complexity index is 1080. The molecule has 0 radical (unpaired) electrons. The molecule has 0 bridgehead atoms. The number of esters is 1. The number of ether oxygens (including phenoxy) is 1. The second-order valence-electron chi connectivity index (χ2n) is 5.11. The first kappa shape index (κ1) is 17.9. The summed E-state index contributed by atoms with van der Waals surface area (Å²) >= 11 is 5.81. The molecule has 0 aliphatic carbocycles. The predicted octanol–water partition coefficient (Wildman–Crippen LogP) is 2.71. The summed E-state index contributed by atoms with van der Waals surface area (Å²) in [7, 11) is -4.17. The minimum Gasteiger partial charge on any atom is -0.402 e. The average Bonchev–Trinajstić information content (AvgIpc) is 2.96. The van der Waals surface area contributed by atoms with E-state index in [0.717, 1.165) is 30.3 Å². The molecule has 7 nitrogen and oxygen atoms in total. The quantitative estimate of drug-likeness (QED) is 0.681. The van der Waals surface area contributed by atoms with E-state index in [1.165, 1.54) is 12.1 Å². The molecular formula is C16H11ClFN3O4S. The van der Waals surface area contributed by atoms with Gasteiger partial charge in [-0.2, -0.15) is 8.42 Å². The maximum absolute atomic E-state index is 13.0. The molecule has 0 aliphatic heterocycles. The van der Waals surface area contributed by atoms with Gasteiger partial charge in [-0.3, -0.25) is 0 Å². The van der Waals surface area contributed by atoms with Crippen LogP contribution in [0.3, 0.4) is 0 Å². The van der Waals surface area contributed by atoms with Crippen LogP contribution >= 0.6 is 11.6 Å². The van der Waals surface area contributed by atoms with Gasteiger partial charge < -0.3 is 10.5 Å². The van der Waals surface area contributed by atoms with Crippen molar-refractivity contribution in [2.75, 3.05) is 5.73 Å². The molecular weight excluding hydrogens is 385 g/mol. The van der Waals surface area contributed by atoms with Crippen LogP contribution in [0, 0.1) is 5.82 Å². The van der Waals surface area contributed by atoms with E-state index in [1.54, 1.807) is 12.1 Å². The van der Waals surface area contributed by atoms with Crippen LogP contribution in [-0.2, 0) is 10.0 Å². The van der Waals surface area contributed by atoms with Crippen LogP contribution in [-0.4, -0.2) is 23.6 Å². The zero-order valence-electron chi connectivity index (χ0n) is 13.0. The molecule has 3 rings (SSSR count). The van der Waals surface area contributed by atoms with E-state index in [1.807, 2.05) is 0 Å². The maximum Gasteiger partial charge on any atom is 0.344 e. The minimum atomic E-state index is -4.17. The number of nitrogens with two attached hydrogens (primary N) is 1. The summed E-state index contributed by atoms with van der Waals surface area (Å²) in [5, 5.41) is 4.04. The lowest BCUT2D eigenvalue weighted by atomic mass is 10.2. The lowest BCUT2D eigenvalue weighted by Gasteiger charge is -2.05. The number of nitrogen functional groups attached to an aromatic ring is 1. The van der Waals surface area contributed by atoms with Gasteiger partial charge in [0.1, 0.15) is 11.6 Å². The molecule has 0 spiro atoms. The summed E-state index contributed by atoms with van der Waals surface area (Å²) in [5.41, 5.74) is 5.83. The number of carbonyl (C=O) groups excluding carboxylic acids is 1. The first-order valence-electron chi connectivity index (χ1n) is 7.12. The van der Waals surface area contributed by atoms with E-state index in [0.29, 0.717) is 9.11 Å². The number of rotatable bonds is 4. The molecule has 0 aliphatic rings. The number of anilines is 1. The van der Waals surface area contributed by atoms with E-state index in [4.69, 9.17) is 22.1 Å². The molecule has 10 heteroatoms. The van der Waals surface area contributed by atoms with E-state index < -0.39 is 21.8 Å². The van der Waals surface area contributed by atoms with Crippen LogP contribution in [0.25, 0.3) is 0 Å². The summed E-state index contributed by atoms with van der Waals surface area (Å²) in [5.74, 6) is -1.95. The molecule has 3 aromatic rings. The third-order valence-electron chi connectivity index (χ3n) is 3.28. The van der Waals surface area contributed by atoms with Crippen molar-refractivity contribution in [2.24, 2.45) is 0 Å². The Morgan fingerprint density at radius 3 is 2.50 bits per heavy atom. The standard InChI is InChI=1S/C16H11ClFN3O4S/c17-11-3-1-2-10(8-11)16(22)25-15-9-14(19)21(20-15)26(23,24)13-6-4-12(18)5-7-13/h1-9H,19H2. The van der Waals surface area contributed by atoms with Gasteiger partial charge in [0.15, 0.2) is 0 Å². The summed E-state index contributed by atoms with van der Waals surface area (Å²) in [6.45, 7) is 0. The van der Waals surface area contributed by atoms with Crippen molar-refractivity contribution in [1.29, 1.82) is 0 Å². The molecule has 0 saturated carbocycles. The Hall–Kier alpha value is -2.91. The van der Waals surface area contributed by atoms with Crippen molar-refractivity contribution < 1.29 is 22.3 Å². The number of nitrogens with zero attached hydrogens (tertiary/aromatic N) is 2. The van der Waals surface area contributed by atoms with Crippen LogP contribution in [0.1, 0.15) is 10.4 Å². The van der Waals surface area contributed by atoms with Crippen LogP contribution < -0.4 is 10.5 Å². The highest BCUT2D eigenvalue weighted by molar-refractivity contribution is 7.90. The highest BCUT2D eigenvalue weighted by atomic mass is 35.5. The molecule has 2 N–H and O–H groups in total. The largest absolute Gasteiger partial charge is 0.402 e. The number of hydrogen-bond acceptors (Lipinski definition) is 6. The van der Waals surface area contributed by atoms with Crippen molar-refractivity contribution in [3.8, 4) is 5.88 Å². The molecule has 0 unspecified atom stereocenters. The Morgan fingerprint density at radius 2 is 1.85 bits per heavy atom. The second kappa shape index (κ2) is 6.77. The Balaban J connectivity index is 1.89. The molecule has 0 fully saturated rings. The Kier molecular flexibility index (Phi) is 4.66. The van der Waals surface area contributed by atoms with Crippen LogP contribution in [0.5, 0.6) is 5.88 Å². The average molecular weight is 396 g/mol. The molecule has 0 amide bonds. The van der Waals surface area contributed by atoms with Gasteiger partial charge >= 0.3 is 5.97 Å². The summed E-state index contributed by atoms with van der Waals surface area (Å²) in [6.07, 6.45) is 0. The monoisotopic (exact) mass is 395 g/mol. The predicted molar refractivity (Wildman–Crippen MR) is 92.0 cm³/mol. The van der Waals surface area contributed by atoms with E-state index in [9.17, 15) is 17.6 Å². The number of hydrogen-bond donors (Lipinski definition) is 1. The normalized spacial score (nSPS) is 11.3. The van der Waals surface area contributed by atoms with Gasteiger partial charge in [0.2, 0.25) is 5.88 Å². The van der Waals surface area contributed by atoms with Crippen LogP contribution in [0.2, 0.25) is 5.02 Å². The molecule has 0 atom stereocenters. The van der Waals surface area contributed by atoms with Gasteiger partial charge in [-0.05, 0) is 42.5 Å². The molecule has 1 heterocycles. The van der Waals surface area contributed by atoms with Gasteiger partial charge in [-0.25, -0.2) is 9.18 Å². The van der Waals surface area contributed by atoms with Crippen LogP contribution in [0.15, 0.2) is 59.5 Å². The number of benzene rings is 2. The molecule has 26 heavy (non-hydrogen) atoms. The van der Waals surface area contributed by atoms with Crippen molar-refractivity contribution in [2.45, 2.75) is 4.90 Å². The van der Waals surface area contributed by atoms with E-state index >= 15 is 0 Å². The third kappa shape index (κ3) is 3.53. The van der Waals surface area contributed by atoms with E-state index in [2.05, 4.69) is 5.10 Å². The fourth-order valence-corrected chi connectivity index (χ4v) is 3.46. The first-order chi connectivity index (χ1) is 12.3. The molecule has 134 valence electrons. The highest BCUT2D eigenvalue weighted by Gasteiger charge is 2.23. The van der Waals surface area contributed by atoms with Crippen LogP contribution in [0.4, 0.5) is 10.2 Å². The van der Waals surface area contributed by atoms with Crippen molar-refractivity contribution in [3.63, 3.8) is 0 Å². The summed E-state index contributed by atoms with van der Waals surface area (Å²) in [4.78, 5) is 11.9. The number of aromatic nitrogens is 2. The number of carbonyl (C=O) groups is 1. The van der Waals surface area contributed by atoms with Gasteiger partial charge in [0.05, 0.1) is 10.5 Å². The smallest absolute Gasteiger partial charge is 0.344 e. The van der Waals surface area contributed by atoms with E-state index in [-0.39, 0.29) is 22.2 Å². The minimum absolute atomic E-state index is 0.159. The van der Waals surface area contributed by atoms with Gasteiger partial charge in [0.25, 0.3) is 10.0 Å². The lowest BCUT2D eigenvalue weighted by molar-refractivity contribution is 0.0727. The summed E-state index contributed by atoms with van der Waals surface area (Å²) < 4.78 is 43.6. The zero-order valence-corrected chi connectivity index (χ0v) is 14.5. The summed E-state index contributed by atoms with van der Waals surface area (Å²) in [6, 6.07) is 11.2. The SMILES string of the molecule is Nc1cc(OC(=O)c2cccc(Cl)c2)nn1S(=O)(=O)c1ccc(F)cc1. The molecule has 0 saturated heterocycles. The number of halogens is 2. The zero-order chi connectivity index (χ0) is 18.9. The lowest BCUT2D eigenvalue weighted by Crippen LogP contribution is -2.17. The molecule has 2 aromatic carbocycles. The fraction of sp³-hybridized carbons (Fsp3) is 0. The van der Waals surface area contributed by atoms with Crippen molar-refractivity contribution in [3.05, 3.63) is 71.0 Å². The second-order valence-corrected chi connectivity index (χ2v) is 7.31. The highest BCUT2D eigenvalue weighted by Crippen LogP contribution is 2.22. The van der Waals surface area contributed by atoms with Gasteiger partial charge in [0, 0.05) is 11.1 Å². The maximum atomic E-state index is 13.0. The molecule has 1 aromatic heterocycles. The van der Waals surface area contributed by atoms with Gasteiger partial charge in [-0.1, -0.05) is 17.7 Å². The van der Waals surface area contributed by atoms with Crippen molar-refractivity contribution >= 4 is 33.4 Å². The Labute approximate surface area is 152 Å². The van der Waals surface area contributed by atoms with Gasteiger partial charge in [-0.15, -0.1) is 9.19 Å². The Morgan fingerprint density at radius 1 is 1.15 bits per heavy atom. The fourth-order valence-electron chi connectivity index (χ4n) is 2.08.